The smallest absolute Gasteiger partial charge is 0.214 e. The van der Waals surface area contributed by atoms with Crippen LogP contribution in [0.3, 0.4) is 0 Å². The lowest BCUT2D eigenvalue weighted by molar-refractivity contribution is 0.0964. The molecule has 1 N–H and O–H groups in total. The van der Waals surface area contributed by atoms with Crippen LogP contribution in [0.15, 0.2) is 12.1 Å². The zero-order chi connectivity index (χ0) is 14.5. The molecule has 1 aliphatic carbocycles. The van der Waals surface area contributed by atoms with Gasteiger partial charge in [-0.05, 0) is 56.2 Å². The maximum absolute atomic E-state index is 6.19. The standard InChI is InChI=1S/C17H28N2O/c1-5-15-9-14(11-18-4)10-17(19-15)20-16-7-12(2)6-13(3)8-16/h9-10,12-13,16,18H,5-8,11H2,1-4H3. The van der Waals surface area contributed by atoms with Crippen LogP contribution in [-0.2, 0) is 13.0 Å². The average molecular weight is 276 g/mol. The summed E-state index contributed by atoms with van der Waals surface area (Å²) in [4.78, 5) is 4.63. The zero-order valence-electron chi connectivity index (χ0n) is 13.3. The third-order valence-corrected chi connectivity index (χ3v) is 4.08. The van der Waals surface area contributed by atoms with Gasteiger partial charge in [0.2, 0.25) is 5.88 Å². The van der Waals surface area contributed by atoms with Crippen molar-refractivity contribution in [2.24, 2.45) is 11.8 Å². The fourth-order valence-corrected chi connectivity index (χ4v) is 3.31. The van der Waals surface area contributed by atoms with E-state index >= 15 is 0 Å². The molecule has 2 rings (SSSR count). The molecule has 0 radical (unpaired) electrons. The van der Waals surface area contributed by atoms with Gasteiger partial charge in [0.05, 0.1) is 0 Å². The van der Waals surface area contributed by atoms with E-state index in [-0.39, 0.29) is 0 Å². The van der Waals surface area contributed by atoms with Gasteiger partial charge in [-0.1, -0.05) is 20.8 Å². The van der Waals surface area contributed by atoms with Gasteiger partial charge in [-0.15, -0.1) is 0 Å². The maximum atomic E-state index is 6.19. The molecule has 1 fully saturated rings. The Bertz CT molecular complexity index is 423. The van der Waals surface area contributed by atoms with E-state index in [1.54, 1.807) is 0 Å². The van der Waals surface area contributed by atoms with Crippen molar-refractivity contribution in [2.75, 3.05) is 7.05 Å². The Labute approximate surface area is 123 Å². The van der Waals surface area contributed by atoms with Gasteiger partial charge in [-0.2, -0.15) is 0 Å². The Kier molecular flexibility index (Phi) is 5.41. The topological polar surface area (TPSA) is 34.1 Å². The summed E-state index contributed by atoms with van der Waals surface area (Å²) >= 11 is 0. The van der Waals surface area contributed by atoms with Gasteiger partial charge in [-0.25, -0.2) is 4.98 Å². The van der Waals surface area contributed by atoms with Crippen LogP contribution in [0.1, 0.15) is 51.3 Å². The number of aromatic nitrogens is 1. The first-order chi connectivity index (χ1) is 9.60. The Hall–Kier alpha value is -1.09. The van der Waals surface area contributed by atoms with Crippen LogP contribution in [0, 0.1) is 11.8 Å². The van der Waals surface area contributed by atoms with E-state index in [1.807, 2.05) is 7.05 Å². The van der Waals surface area contributed by atoms with Gasteiger partial charge in [0.15, 0.2) is 0 Å². The molecule has 3 nitrogen and oxygen atoms in total. The first kappa shape index (κ1) is 15.3. The van der Waals surface area contributed by atoms with Crippen molar-refractivity contribution in [3.05, 3.63) is 23.4 Å². The number of nitrogens with one attached hydrogen (secondary N) is 1. The minimum Gasteiger partial charge on any atom is -0.474 e. The summed E-state index contributed by atoms with van der Waals surface area (Å²) < 4.78 is 6.19. The number of rotatable bonds is 5. The van der Waals surface area contributed by atoms with Gasteiger partial charge < -0.3 is 10.1 Å². The van der Waals surface area contributed by atoms with E-state index in [0.717, 1.165) is 49.2 Å². The molecule has 112 valence electrons. The summed E-state index contributed by atoms with van der Waals surface area (Å²) in [6.45, 7) is 7.66. The summed E-state index contributed by atoms with van der Waals surface area (Å²) in [5.41, 5.74) is 2.37. The lowest BCUT2D eigenvalue weighted by Gasteiger charge is -2.31. The molecule has 0 amide bonds. The highest BCUT2D eigenvalue weighted by molar-refractivity contribution is 5.25. The number of hydrogen-bond donors (Lipinski definition) is 1. The Morgan fingerprint density at radius 1 is 1.20 bits per heavy atom. The van der Waals surface area contributed by atoms with Gasteiger partial charge in [0, 0.05) is 18.3 Å². The van der Waals surface area contributed by atoms with Gasteiger partial charge >= 0.3 is 0 Å². The SMILES string of the molecule is CCc1cc(CNC)cc(OC2CC(C)CC(C)C2)n1. The number of hydrogen-bond acceptors (Lipinski definition) is 3. The van der Waals surface area contributed by atoms with Crippen molar-refractivity contribution in [3.63, 3.8) is 0 Å². The van der Waals surface area contributed by atoms with E-state index in [1.165, 1.54) is 12.0 Å². The molecular weight excluding hydrogens is 248 g/mol. The van der Waals surface area contributed by atoms with Crippen LogP contribution in [-0.4, -0.2) is 18.1 Å². The molecule has 1 aromatic rings. The molecular formula is C17H28N2O. The van der Waals surface area contributed by atoms with Crippen LogP contribution in [0.25, 0.3) is 0 Å². The fraction of sp³-hybridized carbons (Fsp3) is 0.706. The van der Waals surface area contributed by atoms with Crippen LogP contribution in [0.4, 0.5) is 0 Å². The number of pyridine rings is 1. The van der Waals surface area contributed by atoms with Gasteiger partial charge in [-0.3, -0.25) is 0 Å². The average Bonchev–Trinajstić information content (AvgIpc) is 2.37. The molecule has 0 aliphatic heterocycles. The van der Waals surface area contributed by atoms with Crippen molar-refractivity contribution in [1.82, 2.24) is 10.3 Å². The summed E-state index contributed by atoms with van der Waals surface area (Å²) in [6, 6.07) is 4.25. The predicted molar refractivity (Wildman–Crippen MR) is 83.0 cm³/mol. The highest BCUT2D eigenvalue weighted by Crippen LogP contribution is 2.31. The van der Waals surface area contributed by atoms with E-state index in [0.29, 0.717) is 6.10 Å². The Morgan fingerprint density at radius 2 is 1.90 bits per heavy atom. The van der Waals surface area contributed by atoms with Crippen molar-refractivity contribution < 1.29 is 4.74 Å². The summed E-state index contributed by atoms with van der Waals surface area (Å²) in [7, 11) is 1.97. The molecule has 3 heteroatoms. The molecule has 2 atom stereocenters. The summed E-state index contributed by atoms with van der Waals surface area (Å²) in [5.74, 6) is 2.32. The monoisotopic (exact) mass is 276 g/mol. The first-order valence-electron chi connectivity index (χ1n) is 7.91. The molecule has 20 heavy (non-hydrogen) atoms. The minimum atomic E-state index is 0.329. The maximum Gasteiger partial charge on any atom is 0.214 e. The van der Waals surface area contributed by atoms with Crippen molar-refractivity contribution in [2.45, 2.75) is 59.1 Å². The van der Waals surface area contributed by atoms with Gasteiger partial charge in [0.1, 0.15) is 6.10 Å². The van der Waals surface area contributed by atoms with E-state index in [9.17, 15) is 0 Å². The largest absolute Gasteiger partial charge is 0.474 e. The van der Waals surface area contributed by atoms with E-state index in [2.05, 4.69) is 43.2 Å². The first-order valence-corrected chi connectivity index (χ1v) is 7.91. The Balaban J connectivity index is 2.09. The third-order valence-electron chi connectivity index (χ3n) is 4.08. The number of aryl methyl sites for hydroxylation is 1. The van der Waals surface area contributed by atoms with E-state index in [4.69, 9.17) is 4.74 Å². The predicted octanol–water partition coefficient (Wildman–Crippen LogP) is 3.57. The summed E-state index contributed by atoms with van der Waals surface area (Å²) in [6.07, 6.45) is 4.92. The molecule has 1 saturated carbocycles. The van der Waals surface area contributed by atoms with E-state index < -0.39 is 0 Å². The molecule has 1 aromatic heterocycles. The van der Waals surface area contributed by atoms with Crippen LogP contribution in [0.5, 0.6) is 5.88 Å². The highest BCUT2D eigenvalue weighted by Gasteiger charge is 2.25. The normalized spacial score (nSPS) is 26.5. The van der Waals surface area contributed by atoms with Crippen molar-refractivity contribution in [3.8, 4) is 5.88 Å². The minimum absolute atomic E-state index is 0.329. The van der Waals surface area contributed by atoms with Crippen molar-refractivity contribution >= 4 is 0 Å². The molecule has 2 unspecified atom stereocenters. The van der Waals surface area contributed by atoms with Crippen molar-refractivity contribution in [1.29, 1.82) is 0 Å². The van der Waals surface area contributed by atoms with Gasteiger partial charge in [0.25, 0.3) is 0 Å². The second-order valence-corrected chi connectivity index (χ2v) is 6.35. The Morgan fingerprint density at radius 3 is 2.50 bits per heavy atom. The number of nitrogens with zero attached hydrogens (tertiary/aromatic N) is 1. The molecule has 0 saturated heterocycles. The molecule has 1 heterocycles. The quantitative estimate of drug-likeness (QED) is 0.892. The lowest BCUT2D eigenvalue weighted by atomic mass is 9.82. The molecule has 0 aromatic carbocycles. The zero-order valence-corrected chi connectivity index (χ0v) is 13.3. The van der Waals surface area contributed by atoms with Crippen LogP contribution < -0.4 is 10.1 Å². The van der Waals surface area contributed by atoms with Crippen LogP contribution >= 0.6 is 0 Å². The fourth-order valence-electron chi connectivity index (χ4n) is 3.31. The molecule has 0 bridgehead atoms. The third kappa shape index (κ3) is 4.20. The molecule has 0 spiro atoms. The lowest BCUT2D eigenvalue weighted by Crippen LogP contribution is -2.28. The van der Waals surface area contributed by atoms with Crippen LogP contribution in [0.2, 0.25) is 0 Å². The second kappa shape index (κ2) is 7.07. The number of ether oxygens (including phenoxy) is 1. The molecule has 1 aliphatic rings. The highest BCUT2D eigenvalue weighted by atomic mass is 16.5. The second-order valence-electron chi connectivity index (χ2n) is 6.35. The summed E-state index contributed by atoms with van der Waals surface area (Å²) in [5, 5.41) is 3.20.